The van der Waals surface area contributed by atoms with E-state index in [9.17, 15) is 9.59 Å². The van der Waals surface area contributed by atoms with Crippen LogP contribution in [0.25, 0.3) is 0 Å². The molecule has 0 spiro atoms. The van der Waals surface area contributed by atoms with Crippen molar-refractivity contribution in [1.82, 2.24) is 0 Å². The Hall–Kier alpha value is -2.44. The van der Waals surface area contributed by atoms with Gasteiger partial charge in [0.15, 0.2) is 11.5 Å². The van der Waals surface area contributed by atoms with E-state index in [-0.39, 0.29) is 17.6 Å². The van der Waals surface area contributed by atoms with Gasteiger partial charge in [-0.15, -0.1) is 0 Å². The quantitative estimate of drug-likeness (QED) is 0.463. The maximum Gasteiger partial charge on any atom is 0.516 e. The molecule has 1 heterocycles. The first-order valence-corrected chi connectivity index (χ1v) is 7.85. The number of carbonyl (C=O) groups excluding carboxylic acids is 2. The summed E-state index contributed by atoms with van der Waals surface area (Å²) < 4.78 is 26.2. The van der Waals surface area contributed by atoms with Gasteiger partial charge < -0.3 is 23.7 Å². The van der Waals surface area contributed by atoms with E-state index >= 15 is 0 Å². The molecule has 0 N–H and O–H groups in total. The minimum atomic E-state index is -1.01. The van der Waals surface area contributed by atoms with Crippen LogP contribution in [0.1, 0.15) is 27.7 Å². The van der Waals surface area contributed by atoms with Crippen LogP contribution in [0.3, 0.4) is 0 Å². The molecule has 1 aliphatic rings. The Bertz CT molecular complexity index is 595. The summed E-state index contributed by atoms with van der Waals surface area (Å²) in [6.07, 6.45) is -1.97. The van der Waals surface area contributed by atoms with Crippen molar-refractivity contribution in [2.75, 3.05) is 13.2 Å². The SMILES string of the molecule is CC(C)C(=O)OC(OC(=O)Oc1ccc2c(c1)OCCO2)C(C)C. The predicted molar refractivity (Wildman–Crippen MR) is 84.1 cm³/mol. The second kappa shape index (κ2) is 7.90. The van der Waals surface area contributed by atoms with Gasteiger partial charge >= 0.3 is 12.1 Å². The third-order valence-electron chi connectivity index (χ3n) is 3.18. The van der Waals surface area contributed by atoms with Crippen molar-refractivity contribution in [3.05, 3.63) is 18.2 Å². The molecule has 24 heavy (non-hydrogen) atoms. The van der Waals surface area contributed by atoms with E-state index in [2.05, 4.69) is 0 Å². The molecule has 0 radical (unpaired) electrons. The van der Waals surface area contributed by atoms with Gasteiger partial charge in [0, 0.05) is 12.0 Å². The first-order valence-electron chi connectivity index (χ1n) is 7.85. The van der Waals surface area contributed by atoms with Crippen LogP contribution in [-0.4, -0.2) is 31.6 Å². The summed E-state index contributed by atoms with van der Waals surface area (Å²) >= 11 is 0. The fraction of sp³-hybridized carbons (Fsp3) is 0.529. The average Bonchev–Trinajstić information content (AvgIpc) is 2.53. The maximum atomic E-state index is 11.9. The zero-order valence-corrected chi connectivity index (χ0v) is 14.2. The minimum absolute atomic E-state index is 0.208. The first kappa shape index (κ1) is 17.9. The van der Waals surface area contributed by atoms with Crippen molar-refractivity contribution < 1.29 is 33.3 Å². The van der Waals surface area contributed by atoms with Gasteiger partial charge in [0.05, 0.1) is 5.92 Å². The van der Waals surface area contributed by atoms with Gasteiger partial charge in [-0.2, -0.15) is 0 Å². The highest BCUT2D eigenvalue weighted by molar-refractivity contribution is 5.72. The minimum Gasteiger partial charge on any atom is -0.486 e. The zero-order chi connectivity index (χ0) is 17.7. The Kier molecular flexibility index (Phi) is 5.89. The molecule has 1 aromatic rings. The Morgan fingerprint density at radius 3 is 2.29 bits per heavy atom. The summed E-state index contributed by atoms with van der Waals surface area (Å²) in [5.74, 6) is 0.373. The molecule has 0 aromatic heterocycles. The largest absolute Gasteiger partial charge is 0.516 e. The molecule has 0 bridgehead atoms. The summed E-state index contributed by atoms with van der Waals surface area (Å²) in [7, 11) is 0. The first-order chi connectivity index (χ1) is 11.4. The van der Waals surface area contributed by atoms with Crippen molar-refractivity contribution in [3.8, 4) is 17.2 Å². The van der Waals surface area contributed by atoms with Crippen molar-refractivity contribution >= 4 is 12.1 Å². The predicted octanol–water partition coefficient (Wildman–Crippen LogP) is 3.15. The molecule has 0 amide bonds. The maximum absolute atomic E-state index is 11.9. The van der Waals surface area contributed by atoms with E-state index in [1.54, 1.807) is 45.9 Å². The summed E-state index contributed by atoms with van der Waals surface area (Å²) in [5.41, 5.74) is 0. The van der Waals surface area contributed by atoms with E-state index in [1.807, 2.05) is 0 Å². The van der Waals surface area contributed by atoms with Crippen LogP contribution in [0.4, 0.5) is 4.79 Å². The van der Waals surface area contributed by atoms with Crippen molar-refractivity contribution in [2.24, 2.45) is 11.8 Å². The van der Waals surface area contributed by atoms with Crippen LogP contribution < -0.4 is 14.2 Å². The topological polar surface area (TPSA) is 80.3 Å². The van der Waals surface area contributed by atoms with Crippen molar-refractivity contribution in [2.45, 2.75) is 34.0 Å². The second-order valence-corrected chi connectivity index (χ2v) is 5.98. The molecule has 7 nitrogen and oxygen atoms in total. The lowest BCUT2D eigenvalue weighted by molar-refractivity contribution is -0.180. The van der Waals surface area contributed by atoms with Gasteiger partial charge in [-0.25, -0.2) is 4.79 Å². The lowest BCUT2D eigenvalue weighted by Crippen LogP contribution is -2.32. The van der Waals surface area contributed by atoms with Crippen LogP contribution in [0.5, 0.6) is 17.2 Å². The lowest BCUT2D eigenvalue weighted by atomic mass is 10.2. The molecule has 1 atom stereocenters. The number of ether oxygens (including phenoxy) is 5. The molecule has 0 fully saturated rings. The van der Waals surface area contributed by atoms with Crippen LogP contribution in [0.15, 0.2) is 18.2 Å². The van der Waals surface area contributed by atoms with Gasteiger partial charge in [-0.1, -0.05) is 27.7 Å². The molecule has 1 aromatic carbocycles. The molecule has 2 rings (SSSR count). The number of fused-ring (bicyclic) bond motifs is 1. The Morgan fingerprint density at radius 1 is 1.00 bits per heavy atom. The average molecular weight is 338 g/mol. The van der Waals surface area contributed by atoms with Crippen LogP contribution >= 0.6 is 0 Å². The van der Waals surface area contributed by atoms with E-state index < -0.39 is 18.4 Å². The summed E-state index contributed by atoms with van der Waals surface area (Å²) in [6.45, 7) is 7.86. The summed E-state index contributed by atoms with van der Waals surface area (Å²) in [6, 6.07) is 4.76. The van der Waals surface area contributed by atoms with Crippen LogP contribution in [0.2, 0.25) is 0 Å². The highest BCUT2D eigenvalue weighted by Crippen LogP contribution is 2.33. The molecular weight excluding hydrogens is 316 g/mol. The number of carbonyl (C=O) groups is 2. The molecule has 1 unspecified atom stereocenters. The highest BCUT2D eigenvalue weighted by Gasteiger charge is 2.25. The summed E-state index contributed by atoms with van der Waals surface area (Å²) in [4.78, 5) is 23.6. The fourth-order valence-corrected chi connectivity index (χ4v) is 1.85. The highest BCUT2D eigenvalue weighted by atomic mass is 16.8. The van der Waals surface area contributed by atoms with Gasteiger partial charge in [-0.3, -0.25) is 4.79 Å². The third kappa shape index (κ3) is 4.78. The number of rotatable bonds is 5. The molecule has 7 heteroatoms. The van der Waals surface area contributed by atoms with Crippen LogP contribution in [0, 0.1) is 11.8 Å². The lowest BCUT2D eigenvalue weighted by Gasteiger charge is -2.22. The molecular formula is C17H22O7. The molecule has 0 aliphatic carbocycles. The standard InChI is InChI=1S/C17H22O7/c1-10(2)15(18)23-16(11(3)4)24-17(19)22-12-5-6-13-14(9-12)21-8-7-20-13/h5-6,9-11,16H,7-8H2,1-4H3. The zero-order valence-electron chi connectivity index (χ0n) is 14.2. The van der Waals surface area contributed by atoms with Crippen molar-refractivity contribution in [3.63, 3.8) is 0 Å². The Labute approximate surface area is 140 Å². The van der Waals surface area contributed by atoms with E-state index in [4.69, 9.17) is 23.7 Å². The Balaban J connectivity index is 1.96. The number of esters is 1. The van der Waals surface area contributed by atoms with Gasteiger partial charge in [0.2, 0.25) is 0 Å². The third-order valence-corrected chi connectivity index (χ3v) is 3.18. The van der Waals surface area contributed by atoms with Gasteiger partial charge in [0.1, 0.15) is 19.0 Å². The van der Waals surface area contributed by atoms with E-state index in [0.29, 0.717) is 24.7 Å². The fourth-order valence-electron chi connectivity index (χ4n) is 1.85. The number of benzene rings is 1. The molecule has 0 saturated heterocycles. The normalized spacial score (nSPS) is 14.2. The van der Waals surface area contributed by atoms with Gasteiger partial charge in [-0.05, 0) is 12.1 Å². The monoisotopic (exact) mass is 338 g/mol. The van der Waals surface area contributed by atoms with E-state index in [0.717, 1.165) is 0 Å². The van der Waals surface area contributed by atoms with E-state index in [1.165, 1.54) is 0 Å². The molecule has 0 saturated carbocycles. The molecule has 132 valence electrons. The van der Waals surface area contributed by atoms with Crippen molar-refractivity contribution in [1.29, 1.82) is 0 Å². The Morgan fingerprint density at radius 2 is 1.67 bits per heavy atom. The number of hydrogen-bond donors (Lipinski definition) is 0. The molecule has 1 aliphatic heterocycles. The number of hydrogen-bond acceptors (Lipinski definition) is 7. The smallest absolute Gasteiger partial charge is 0.486 e. The van der Waals surface area contributed by atoms with Crippen LogP contribution in [-0.2, 0) is 14.3 Å². The summed E-state index contributed by atoms with van der Waals surface area (Å²) in [5, 5.41) is 0. The van der Waals surface area contributed by atoms with Gasteiger partial charge in [0.25, 0.3) is 6.29 Å². The second-order valence-electron chi connectivity index (χ2n) is 5.98.